The number of amides is 1. The molecule has 3 N–H and O–H groups in total. The van der Waals surface area contributed by atoms with Crippen LogP contribution in [0.2, 0.25) is 0 Å². The average molecular weight is 534 g/mol. The van der Waals surface area contributed by atoms with Crippen molar-refractivity contribution in [1.29, 1.82) is 0 Å². The molecule has 1 amide bonds. The molecular weight excluding hydrogens is 507 g/mol. The minimum atomic E-state index is -4.56. The third kappa shape index (κ3) is 6.09. The van der Waals surface area contributed by atoms with Gasteiger partial charge in [-0.05, 0) is 60.4 Å². The van der Waals surface area contributed by atoms with Crippen molar-refractivity contribution in [2.45, 2.75) is 19.6 Å². The predicted molar refractivity (Wildman–Crippen MR) is 141 cm³/mol. The molecule has 1 aliphatic rings. The first-order chi connectivity index (χ1) is 18.7. The Balaban J connectivity index is 1.35. The lowest BCUT2D eigenvalue weighted by molar-refractivity contribution is -0.138. The number of halogens is 3. The van der Waals surface area contributed by atoms with E-state index in [-0.39, 0.29) is 23.4 Å². The molecule has 5 rings (SSSR count). The van der Waals surface area contributed by atoms with Gasteiger partial charge in [-0.1, -0.05) is 18.1 Å². The number of nitrogens with one attached hydrogen (secondary N) is 1. The lowest BCUT2D eigenvalue weighted by Gasteiger charge is -2.32. The molecule has 39 heavy (non-hydrogen) atoms. The number of benzene rings is 2. The van der Waals surface area contributed by atoms with Gasteiger partial charge in [-0.25, -0.2) is 14.5 Å². The summed E-state index contributed by atoms with van der Waals surface area (Å²) in [7, 11) is 0. The van der Waals surface area contributed by atoms with E-state index in [2.05, 4.69) is 27.2 Å². The molecule has 11 heteroatoms. The first kappa shape index (κ1) is 26.4. The second-order valence-electron chi connectivity index (χ2n) is 9.35. The Kier molecular flexibility index (Phi) is 7.34. The van der Waals surface area contributed by atoms with Crippen molar-refractivity contribution in [2.24, 2.45) is 5.84 Å². The largest absolute Gasteiger partial charge is 0.416 e. The summed E-state index contributed by atoms with van der Waals surface area (Å²) in [6.07, 6.45) is -1.32. The van der Waals surface area contributed by atoms with Gasteiger partial charge >= 0.3 is 6.18 Å². The standard InChI is InChI=1S/C28H26F3N7O/c1-19-4-5-21(15-20(19)7-9-24-17-33-26-3-2-10-34-38(24)26)27(39)35-23-8-6-22(25(16-23)28(29,30)31)18-36-11-13-37(32)14-12-36/h2-6,8,10,15-17H,11-14,18,32H2,1H3,(H,35,39). The molecule has 4 aromatic rings. The smallest absolute Gasteiger partial charge is 0.322 e. The molecule has 1 saturated heterocycles. The highest BCUT2D eigenvalue weighted by Crippen LogP contribution is 2.34. The first-order valence-electron chi connectivity index (χ1n) is 12.3. The number of hydrazine groups is 1. The van der Waals surface area contributed by atoms with Crippen LogP contribution >= 0.6 is 0 Å². The fourth-order valence-electron chi connectivity index (χ4n) is 4.37. The number of nitrogens with zero attached hydrogens (tertiary/aromatic N) is 5. The molecule has 0 unspecified atom stereocenters. The number of carbonyl (C=O) groups excluding carboxylic acids is 1. The van der Waals surface area contributed by atoms with Crippen LogP contribution in [0.15, 0.2) is 60.9 Å². The number of hydrogen-bond donors (Lipinski definition) is 2. The minimum Gasteiger partial charge on any atom is -0.322 e. The van der Waals surface area contributed by atoms with Crippen molar-refractivity contribution < 1.29 is 18.0 Å². The maximum absolute atomic E-state index is 13.9. The second-order valence-corrected chi connectivity index (χ2v) is 9.35. The highest BCUT2D eigenvalue weighted by atomic mass is 19.4. The molecule has 8 nitrogen and oxygen atoms in total. The summed E-state index contributed by atoms with van der Waals surface area (Å²) in [5.74, 6) is 11.3. The van der Waals surface area contributed by atoms with Crippen LogP contribution in [0.1, 0.15) is 38.3 Å². The number of aromatic nitrogens is 3. The summed E-state index contributed by atoms with van der Waals surface area (Å²) in [4.78, 5) is 19.2. The summed E-state index contributed by atoms with van der Waals surface area (Å²) >= 11 is 0. The van der Waals surface area contributed by atoms with Gasteiger partial charge in [0.15, 0.2) is 5.65 Å². The lowest BCUT2D eigenvalue weighted by atomic mass is 10.0. The lowest BCUT2D eigenvalue weighted by Crippen LogP contribution is -2.49. The van der Waals surface area contributed by atoms with Gasteiger partial charge in [0.25, 0.3) is 5.91 Å². The van der Waals surface area contributed by atoms with Gasteiger partial charge in [0, 0.05) is 55.7 Å². The van der Waals surface area contributed by atoms with Gasteiger partial charge in [0.05, 0.1) is 11.8 Å². The van der Waals surface area contributed by atoms with Gasteiger partial charge in [-0.15, -0.1) is 0 Å². The summed E-state index contributed by atoms with van der Waals surface area (Å²) in [5, 5.41) is 8.48. The molecule has 3 heterocycles. The van der Waals surface area contributed by atoms with Crippen LogP contribution in [0, 0.1) is 18.8 Å². The minimum absolute atomic E-state index is 0.0628. The normalized spacial score (nSPS) is 14.7. The van der Waals surface area contributed by atoms with Crippen LogP contribution in [-0.4, -0.2) is 56.6 Å². The third-order valence-electron chi connectivity index (χ3n) is 6.58. The van der Waals surface area contributed by atoms with Gasteiger partial charge in [-0.3, -0.25) is 15.5 Å². The van der Waals surface area contributed by atoms with E-state index in [1.54, 1.807) is 46.2 Å². The SMILES string of the molecule is Cc1ccc(C(=O)Nc2ccc(CN3CCN(N)CC3)c(C(F)(F)F)c2)cc1C#Cc1cnc2cccnn12. The van der Waals surface area contributed by atoms with Crippen molar-refractivity contribution in [3.8, 4) is 11.8 Å². The van der Waals surface area contributed by atoms with E-state index in [0.29, 0.717) is 43.1 Å². The first-order valence-corrected chi connectivity index (χ1v) is 12.3. The number of anilines is 1. The molecule has 0 bridgehead atoms. The Morgan fingerprint density at radius 3 is 2.64 bits per heavy atom. The Labute approximate surface area is 223 Å². The molecular formula is C28H26F3N7O. The summed E-state index contributed by atoms with van der Waals surface area (Å²) < 4.78 is 43.4. The monoisotopic (exact) mass is 533 g/mol. The topological polar surface area (TPSA) is 91.8 Å². The van der Waals surface area contributed by atoms with Gasteiger partial charge in [0.2, 0.25) is 0 Å². The molecule has 2 aromatic heterocycles. The predicted octanol–water partition coefficient (Wildman–Crippen LogP) is 3.70. The summed E-state index contributed by atoms with van der Waals surface area (Å²) in [5.41, 5.74) is 2.43. The molecule has 200 valence electrons. The zero-order chi connectivity index (χ0) is 27.6. The quantitative estimate of drug-likeness (QED) is 0.307. The summed E-state index contributed by atoms with van der Waals surface area (Å²) in [6.45, 7) is 4.36. The van der Waals surface area contributed by atoms with Crippen molar-refractivity contribution >= 4 is 17.2 Å². The number of rotatable bonds is 4. The molecule has 2 aromatic carbocycles. The highest BCUT2D eigenvalue weighted by molar-refractivity contribution is 6.04. The van der Waals surface area contributed by atoms with E-state index in [9.17, 15) is 18.0 Å². The van der Waals surface area contributed by atoms with E-state index >= 15 is 0 Å². The van der Waals surface area contributed by atoms with Crippen molar-refractivity contribution in [2.75, 3.05) is 31.5 Å². The Hall–Kier alpha value is -4.24. The van der Waals surface area contributed by atoms with Crippen LogP contribution in [0.4, 0.5) is 18.9 Å². The molecule has 1 aliphatic heterocycles. The second kappa shape index (κ2) is 10.9. The van der Waals surface area contributed by atoms with Crippen LogP contribution in [0.5, 0.6) is 0 Å². The average Bonchev–Trinajstić information content (AvgIpc) is 3.33. The Morgan fingerprint density at radius 1 is 1.08 bits per heavy atom. The van der Waals surface area contributed by atoms with E-state index in [1.165, 1.54) is 12.1 Å². The number of nitrogens with two attached hydrogens (primary N) is 1. The molecule has 0 atom stereocenters. The van der Waals surface area contributed by atoms with Crippen molar-refractivity contribution in [3.05, 3.63) is 94.4 Å². The zero-order valence-corrected chi connectivity index (χ0v) is 21.2. The fourth-order valence-corrected chi connectivity index (χ4v) is 4.37. The van der Waals surface area contributed by atoms with Crippen molar-refractivity contribution in [3.63, 3.8) is 0 Å². The molecule has 1 fully saturated rings. The van der Waals surface area contributed by atoms with E-state index in [0.717, 1.165) is 11.6 Å². The number of piperazine rings is 1. The number of hydrogen-bond acceptors (Lipinski definition) is 6. The van der Waals surface area contributed by atoms with Crippen LogP contribution < -0.4 is 11.2 Å². The molecule has 0 spiro atoms. The number of fused-ring (bicyclic) bond motifs is 1. The highest BCUT2D eigenvalue weighted by Gasteiger charge is 2.34. The van der Waals surface area contributed by atoms with Crippen LogP contribution in [-0.2, 0) is 12.7 Å². The number of aryl methyl sites for hydroxylation is 1. The van der Waals surface area contributed by atoms with Crippen LogP contribution in [0.25, 0.3) is 5.65 Å². The number of carbonyl (C=O) groups is 1. The van der Waals surface area contributed by atoms with Gasteiger partial charge < -0.3 is 5.32 Å². The molecule has 0 aliphatic carbocycles. The van der Waals surface area contributed by atoms with Gasteiger partial charge in [0.1, 0.15) is 5.69 Å². The molecule has 0 saturated carbocycles. The van der Waals surface area contributed by atoms with E-state index < -0.39 is 17.6 Å². The van der Waals surface area contributed by atoms with Gasteiger partial charge in [-0.2, -0.15) is 18.3 Å². The van der Waals surface area contributed by atoms with E-state index in [4.69, 9.17) is 5.84 Å². The Bertz CT molecular complexity index is 1580. The number of alkyl halides is 3. The third-order valence-corrected chi connectivity index (χ3v) is 6.58. The van der Waals surface area contributed by atoms with Crippen molar-refractivity contribution in [1.82, 2.24) is 24.5 Å². The fraction of sp³-hybridized carbons (Fsp3) is 0.250. The number of imidazole rings is 1. The van der Waals surface area contributed by atoms with Crippen LogP contribution in [0.3, 0.4) is 0 Å². The molecule has 0 radical (unpaired) electrons. The van der Waals surface area contributed by atoms with E-state index in [1.807, 2.05) is 17.9 Å². The zero-order valence-electron chi connectivity index (χ0n) is 21.2. The summed E-state index contributed by atoms with van der Waals surface area (Å²) in [6, 6.07) is 12.5. The maximum Gasteiger partial charge on any atom is 0.416 e. The Morgan fingerprint density at radius 2 is 1.87 bits per heavy atom. The maximum atomic E-state index is 13.9.